The normalized spacial score (nSPS) is 10.9. The minimum absolute atomic E-state index is 0.0776. The van der Waals surface area contributed by atoms with Gasteiger partial charge in [0.25, 0.3) is 5.91 Å². The Hall–Kier alpha value is -4.23. The van der Waals surface area contributed by atoms with E-state index < -0.39 is 11.8 Å². The molecule has 4 N–H and O–H groups in total. The molecule has 4 rings (SSSR count). The Bertz CT molecular complexity index is 1380. The zero-order valence-corrected chi connectivity index (χ0v) is 17.6. The zero-order valence-electron chi connectivity index (χ0n) is 16.8. The van der Waals surface area contributed by atoms with Crippen molar-refractivity contribution >= 4 is 56.8 Å². The largest absolute Gasteiger partial charge is 0.507 e. The molecule has 2 amide bonds. The van der Waals surface area contributed by atoms with Crippen LogP contribution in [-0.2, 0) is 4.79 Å². The quantitative estimate of drug-likeness (QED) is 0.219. The number of hydrazine groups is 1. The number of nitrogens with one attached hydrogen (secondary N) is 3. The number of benzene rings is 4. The molecular formula is C25H19N3O3S. The van der Waals surface area contributed by atoms with E-state index in [1.807, 2.05) is 66.7 Å². The van der Waals surface area contributed by atoms with Crippen molar-refractivity contribution in [3.63, 3.8) is 0 Å². The molecule has 0 unspecified atom stereocenters. The van der Waals surface area contributed by atoms with Crippen molar-refractivity contribution < 1.29 is 14.7 Å². The molecule has 0 aliphatic rings. The summed E-state index contributed by atoms with van der Waals surface area (Å²) in [6.07, 6.45) is 3.07. The van der Waals surface area contributed by atoms with Crippen LogP contribution in [-0.4, -0.2) is 22.0 Å². The van der Waals surface area contributed by atoms with Crippen LogP contribution >= 0.6 is 12.2 Å². The maximum absolute atomic E-state index is 12.4. The Morgan fingerprint density at radius 2 is 1.47 bits per heavy atom. The highest BCUT2D eigenvalue weighted by Crippen LogP contribution is 2.24. The van der Waals surface area contributed by atoms with E-state index in [9.17, 15) is 14.7 Å². The summed E-state index contributed by atoms with van der Waals surface area (Å²) in [6, 6.07) is 24.2. The van der Waals surface area contributed by atoms with Crippen molar-refractivity contribution in [1.29, 1.82) is 0 Å². The molecule has 0 heterocycles. The van der Waals surface area contributed by atoms with E-state index in [-0.39, 0.29) is 16.4 Å². The Kier molecular flexibility index (Phi) is 6.10. The summed E-state index contributed by atoms with van der Waals surface area (Å²) in [5.74, 6) is -1.19. The average Bonchev–Trinajstić information content (AvgIpc) is 2.80. The van der Waals surface area contributed by atoms with Gasteiger partial charge in [0.2, 0.25) is 5.91 Å². The van der Waals surface area contributed by atoms with Crippen molar-refractivity contribution in [2.45, 2.75) is 0 Å². The van der Waals surface area contributed by atoms with Crippen LogP contribution in [0.4, 0.5) is 0 Å². The van der Waals surface area contributed by atoms with Crippen LogP contribution in [0.25, 0.3) is 27.6 Å². The van der Waals surface area contributed by atoms with Crippen molar-refractivity contribution in [2.24, 2.45) is 0 Å². The topological polar surface area (TPSA) is 90.5 Å². The highest BCUT2D eigenvalue weighted by molar-refractivity contribution is 7.80. The number of aromatic hydroxyl groups is 1. The second kappa shape index (κ2) is 9.28. The van der Waals surface area contributed by atoms with E-state index in [4.69, 9.17) is 12.2 Å². The van der Waals surface area contributed by atoms with E-state index in [0.29, 0.717) is 0 Å². The molecule has 0 atom stereocenters. The standard InChI is InChI=1S/C25H19N3O3S/c29-22-15-19-8-2-1-7-18(19)14-21(22)24(31)27-28-25(32)26-23(30)13-12-17-10-5-9-16-6-3-4-11-20(16)17/h1-15,29H,(H,27,31)(H2,26,28,30,32). The molecule has 0 aromatic heterocycles. The van der Waals surface area contributed by atoms with E-state index in [1.54, 1.807) is 12.1 Å². The van der Waals surface area contributed by atoms with Crippen LogP contribution in [0.2, 0.25) is 0 Å². The lowest BCUT2D eigenvalue weighted by atomic mass is 10.0. The van der Waals surface area contributed by atoms with Crippen molar-refractivity contribution in [1.82, 2.24) is 16.2 Å². The molecule has 0 saturated carbocycles. The Morgan fingerprint density at radius 3 is 2.25 bits per heavy atom. The summed E-state index contributed by atoms with van der Waals surface area (Å²) in [5, 5.41) is 16.3. The zero-order chi connectivity index (χ0) is 22.5. The number of phenolic OH excluding ortho intramolecular Hbond substituents is 1. The number of carbonyl (C=O) groups is 2. The molecule has 158 valence electrons. The van der Waals surface area contributed by atoms with Crippen LogP contribution in [0.1, 0.15) is 15.9 Å². The van der Waals surface area contributed by atoms with Gasteiger partial charge in [-0.25, -0.2) is 0 Å². The van der Waals surface area contributed by atoms with Gasteiger partial charge in [0, 0.05) is 6.08 Å². The van der Waals surface area contributed by atoms with Crippen LogP contribution in [0.5, 0.6) is 5.75 Å². The fourth-order valence-electron chi connectivity index (χ4n) is 3.34. The summed E-state index contributed by atoms with van der Waals surface area (Å²) in [4.78, 5) is 24.6. The molecule has 7 heteroatoms. The van der Waals surface area contributed by atoms with Gasteiger partial charge in [-0.1, -0.05) is 66.7 Å². The maximum Gasteiger partial charge on any atom is 0.273 e. The third-order valence-electron chi connectivity index (χ3n) is 4.87. The van der Waals surface area contributed by atoms with Gasteiger partial charge >= 0.3 is 0 Å². The average molecular weight is 442 g/mol. The minimum Gasteiger partial charge on any atom is -0.507 e. The van der Waals surface area contributed by atoms with E-state index in [0.717, 1.165) is 27.1 Å². The van der Waals surface area contributed by atoms with E-state index in [2.05, 4.69) is 16.2 Å². The molecule has 4 aromatic carbocycles. The molecule has 6 nitrogen and oxygen atoms in total. The number of carbonyl (C=O) groups excluding carboxylic acids is 2. The molecule has 0 aliphatic heterocycles. The molecule has 0 fully saturated rings. The molecule has 0 saturated heterocycles. The number of rotatable bonds is 3. The van der Waals surface area contributed by atoms with Crippen LogP contribution < -0.4 is 16.2 Å². The van der Waals surface area contributed by atoms with Gasteiger partial charge in [0.05, 0.1) is 5.56 Å². The van der Waals surface area contributed by atoms with Gasteiger partial charge in [0.1, 0.15) is 5.75 Å². The van der Waals surface area contributed by atoms with Gasteiger partial charge in [0.15, 0.2) is 5.11 Å². The molecule has 0 spiro atoms. The van der Waals surface area contributed by atoms with Gasteiger partial charge in [-0.05, 0) is 57.5 Å². The predicted molar refractivity (Wildman–Crippen MR) is 130 cm³/mol. The number of hydrogen-bond donors (Lipinski definition) is 4. The molecular weight excluding hydrogens is 422 g/mol. The number of thiocarbonyl (C=S) groups is 1. The summed E-state index contributed by atoms with van der Waals surface area (Å²) < 4.78 is 0. The number of phenols is 1. The van der Waals surface area contributed by atoms with Gasteiger partial charge in [-0.3, -0.25) is 25.8 Å². The number of fused-ring (bicyclic) bond motifs is 2. The Morgan fingerprint density at radius 1 is 0.812 bits per heavy atom. The summed E-state index contributed by atoms with van der Waals surface area (Å²) in [6.45, 7) is 0. The van der Waals surface area contributed by atoms with Crippen LogP contribution in [0, 0.1) is 0 Å². The van der Waals surface area contributed by atoms with Crippen molar-refractivity contribution in [2.75, 3.05) is 0 Å². The minimum atomic E-state index is -0.587. The first-order valence-electron chi connectivity index (χ1n) is 9.80. The third-order valence-corrected chi connectivity index (χ3v) is 5.08. The number of hydrogen-bond acceptors (Lipinski definition) is 4. The first-order valence-corrected chi connectivity index (χ1v) is 10.2. The fourth-order valence-corrected chi connectivity index (χ4v) is 3.49. The first-order chi connectivity index (χ1) is 15.5. The Balaban J connectivity index is 1.35. The van der Waals surface area contributed by atoms with Gasteiger partial charge in [-0.2, -0.15) is 0 Å². The highest BCUT2D eigenvalue weighted by Gasteiger charge is 2.13. The predicted octanol–water partition coefficient (Wildman–Crippen LogP) is 4.05. The third kappa shape index (κ3) is 4.74. The van der Waals surface area contributed by atoms with Crippen molar-refractivity contribution in [3.8, 4) is 5.75 Å². The first kappa shape index (κ1) is 21.0. The molecule has 4 aromatic rings. The lowest BCUT2D eigenvalue weighted by Gasteiger charge is -2.11. The lowest BCUT2D eigenvalue weighted by molar-refractivity contribution is -0.115. The number of amides is 2. The molecule has 32 heavy (non-hydrogen) atoms. The highest BCUT2D eigenvalue weighted by atomic mass is 32.1. The van der Waals surface area contributed by atoms with E-state index in [1.165, 1.54) is 12.1 Å². The molecule has 0 radical (unpaired) electrons. The second-order valence-corrected chi connectivity index (χ2v) is 7.42. The second-order valence-electron chi connectivity index (χ2n) is 7.02. The Labute approximate surface area is 189 Å². The van der Waals surface area contributed by atoms with Crippen molar-refractivity contribution in [3.05, 3.63) is 96.1 Å². The summed E-state index contributed by atoms with van der Waals surface area (Å²) in [7, 11) is 0. The maximum atomic E-state index is 12.4. The molecule has 0 aliphatic carbocycles. The smallest absolute Gasteiger partial charge is 0.273 e. The van der Waals surface area contributed by atoms with E-state index >= 15 is 0 Å². The summed E-state index contributed by atoms with van der Waals surface area (Å²) in [5.41, 5.74) is 5.83. The monoisotopic (exact) mass is 441 g/mol. The van der Waals surface area contributed by atoms with Gasteiger partial charge < -0.3 is 5.11 Å². The van der Waals surface area contributed by atoms with Crippen LogP contribution in [0.15, 0.2) is 84.9 Å². The van der Waals surface area contributed by atoms with Crippen LogP contribution in [0.3, 0.4) is 0 Å². The molecule has 0 bridgehead atoms. The SMILES string of the molecule is O=C(C=Cc1cccc2ccccc12)NC(=S)NNC(=O)c1cc2ccccc2cc1O. The summed E-state index contributed by atoms with van der Waals surface area (Å²) >= 11 is 5.06. The fraction of sp³-hybridized carbons (Fsp3) is 0. The lowest BCUT2D eigenvalue weighted by Crippen LogP contribution is -2.48. The van der Waals surface area contributed by atoms with Gasteiger partial charge in [-0.15, -0.1) is 0 Å².